The first-order valence-electron chi connectivity index (χ1n) is 10.3. The Hall–Kier alpha value is -3.98. The summed E-state index contributed by atoms with van der Waals surface area (Å²) in [7, 11) is -2.34. The first-order chi connectivity index (χ1) is 15.9. The summed E-state index contributed by atoms with van der Waals surface area (Å²) in [4.78, 5) is 4.81. The van der Waals surface area contributed by atoms with Crippen LogP contribution < -0.4 is 10.1 Å². The molecule has 8 nitrogen and oxygen atoms in total. The molecule has 2 heterocycles. The molecule has 0 atom stereocenters. The first-order valence-corrected chi connectivity index (χ1v) is 11.7. The summed E-state index contributed by atoms with van der Waals surface area (Å²) in [6.45, 7) is 3.81. The number of sulfone groups is 1. The van der Waals surface area contributed by atoms with Crippen molar-refractivity contribution in [1.82, 2.24) is 19.8 Å². The Morgan fingerprint density at radius 3 is 2.55 bits per heavy atom. The molecule has 2 aromatic heterocycles. The van der Waals surface area contributed by atoms with Gasteiger partial charge in [-0.05, 0) is 61.4 Å². The minimum absolute atomic E-state index is 0.150. The van der Waals surface area contributed by atoms with Crippen molar-refractivity contribution in [1.29, 1.82) is 0 Å². The molecule has 3 aromatic carbocycles. The maximum Gasteiger partial charge on any atom is 0.229 e. The lowest BCUT2D eigenvalue weighted by Crippen LogP contribution is -2.06. The van der Waals surface area contributed by atoms with Crippen LogP contribution in [0.5, 0.6) is 5.75 Å². The van der Waals surface area contributed by atoms with E-state index in [1.165, 1.54) is 4.52 Å². The number of hydrogen-bond donors (Lipinski definition) is 1. The van der Waals surface area contributed by atoms with E-state index in [2.05, 4.69) is 20.6 Å². The van der Waals surface area contributed by atoms with Gasteiger partial charge in [-0.15, -0.1) is 5.10 Å². The lowest BCUT2D eigenvalue weighted by atomic mass is 10.1. The lowest BCUT2D eigenvalue weighted by molar-refractivity contribution is 0.415. The van der Waals surface area contributed by atoms with Crippen molar-refractivity contribution in [3.63, 3.8) is 0 Å². The molecule has 0 saturated heterocycles. The van der Waals surface area contributed by atoms with Gasteiger partial charge < -0.3 is 10.1 Å². The smallest absolute Gasteiger partial charge is 0.229 e. The molecule has 5 rings (SSSR count). The summed E-state index contributed by atoms with van der Waals surface area (Å²) in [5, 5.41) is 12.0. The number of nitrogens with zero attached hydrogens (tertiary/aromatic N) is 4. The Morgan fingerprint density at radius 1 is 0.939 bits per heavy atom. The monoisotopic (exact) mass is 459 g/mol. The third-order valence-electron chi connectivity index (χ3n) is 5.60. The molecule has 1 N–H and O–H groups in total. The number of para-hydroxylation sites is 1. The van der Waals surface area contributed by atoms with Crippen LogP contribution in [-0.2, 0) is 9.84 Å². The molecule has 0 unspecified atom stereocenters. The second-order valence-corrected chi connectivity index (χ2v) is 9.58. The number of aryl methyl sites for hydroxylation is 2. The number of aromatic nitrogens is 4. The standard InChI is InChI=1S/C24H21N5O3S/c1-15-11-12-19(13-16(15)2)33(30,31)24-23-26-22(25-17-7-6-8-18(14-17)32-3)20-9-4-5-10-21(20)29(23)28-27-24/h4-14H,1-3H3,(H,25,26). The van der Waals surface area contributed by atoms with Crippen molar-refractivity contribution in [2.45, 2.75) is 23.8 Å². The highest BCUT2D eigenvalue weighted by Gasteiger charge is 2.27. The third kappa shape index (κ3) is 3.56. The van der Waals surface area contributed by atoms with E-state index in [1.807, 2.05) is 62.4 Å². The van der Waals surface area contributed by atoms with Gasteiger partial charge in [0.2, 0.25) is 14.9 Å². The van der Waals surface area contributed by atoms with Crippen molar-refractivity contribution >= 4 is 37.9 Å². The van der Waals surface area contributed by atoms with Crippen LogP contribution in [0, 0.1) is 13.8 Å². The summed E-state index contributed by atoms with van der Waals surface area (Å²) in [6.07, 6.45) is 0. The van der Waals surface area contributed by atoms with Crippen LogP contribution in [0.3, 0.4) is 0 Å². The summed E-state index contributed by atoms with van der Waals surface area (Å²) >= 11 is 0. The van der Waals surface area contributed by atoms with E-state index in [-0.39, 0.29) is 15.6 Å². The van der Waals surface area contributed by atoms with Crippen LogP contribution in [0.25, 0.3) is 16.6 Å². The highest BCUT2D eigenvalue weighted by molar-refractivity contribution is 7.91. The van der Waals surface area contributed by atoms with E-state index in [1.54, 1.807) is 25.3 Å². The van der Waals surface area contributed by atoms with Gasteiger partial charge in [0.15, 0.2) is 5.65 Å². The van der Waals surface area contributed by atoms with Crippen LogP contribution in [0.4, 0.5) is 11.5 Å². The zero-order valence-electron chi connectivity index (χ0n) is 18.3. The molecule has 0 bridgehead atoms. The Kier molecular flexibility index (Phi) is 4.98. The second-order valence-electron chi connectivity index (χ2n) is 7.71. The normalized spacial score (nSPS) is 11.7. The Bertz CT molecular complexity index is 1630. The van der Waals surface area contributed by atoms with Gasteiger partial charge in [-0.1, -0.05) is 29.5 Å². The molecule has 0 aliphatic heterocycles. The Balaban J connectivity index is 1.72. The number of methoxy groups -OCH3 is 1. The predicted octanol–water partition coefficient (Wildman–Crippen LogP) is 4.48. The van der Waals surface area contributed by atoms with Crippen LogP contribution in [0.2, 0.25) is 0 Å². The second kappa shape index (κ2) is 7.86. The Labute approximate surface area is 190 Å². The van der Waals surface area contributed by atoms with Gasteiger partial charge in [-0.2, -0.15) is 4.52 Å². The quantitative estimate of drug-likeness (QED) is 0.414. The number of ether oxygens (including phenoxy) is 1. The average Bonchev–Trinajstić information content (AvgIpc) is 3.26. The topological polar surface area (TPSA) is 98.5 Å². The van der Waals surface area contributed by atoms with Crippen molar-refractivity contribution in [2.24, 2.45) is 0 Å². The minimum atomic E-state index is -3.94. The van der Waals surface area contributed by atoms with Crippen molar-refractivity contribution < 1.29 is 13.2 Å². The SMILES string of the molecule is COc1cccc(Nc2nc3c(S(=O)(=O)c4ccc(C)c(C)c4)nnn3c3ccccc23)c1. The summed E-state index contributed by atoms with van der Waals surface area (Å²) in [5.41, 5.74) is 3.48. The third-order valence-corrected chi connectivity index (χ3v) is 7.25. The fraction of sp³-hybridized carbons (Fsp3) is 0.125. The van der Waals surface area contributed by atoms with Gasteiger partial charge in [0.1, 0.15) is 11.6 Å². The van der Waals surface area contributed by atoms with E-state index >= 15 is 0 Å². The van der Waals surface area contributed by atoms with Gasteiger partial charge in [0.05, 0.1) is 17.5 Å². The molecule has 33 heavy (non-hydrogen) atoms. The van der Waals surface area contributed by atoms with Gasteiger partial charge in [0.25, 0.3) is 0 Å². The maximum atomic E-state index is 13.5. The molecule has 5 aromatic rings. The number of benzene rings is 3. The van der Waals surface area contributed by atoms with E-state index < -0.39 is 9.84 Å². The number of fused-ring (bicyclic) bond motifs is 3. The number of rotatable bonds is 5. The maximum absolute atomic E-state index is 13.5. The van der Waals surface area contributed by atoms with Crippen LogP contribution in [0.1, 0.15) is 11.1 Å². The molecular weight excluding hydrogens is 438 g/mol. The fourth-order valence-electron chi connectivity index (χ4n) is 3.64. The van der Waals surface area contributed by atoms with Crippen molar-refractivity contribution in [2.75, 3.05) is 12.4 Å². The van der Waals surface area contributed by atoms with Crippen molar-refractivity contribution in [3.8, 4) is 5.75 Å². The van der Waals surface area contributed by atoms with Crippen LogP contribution in [-0.4, -0.2) is 35.3 Å². The molecule has 0 fully saturated rings. The lowest BCUT2D eigenvalue weighted by Gasteiger charge is -2.11. The molecule has 166 valence electrons. The number of nitrogens with one attached hydrogen (secondary N) is 1. The summed E-state index contributed by atoms with van der Waals surface area (Å²) < 4.78 is 33.7. The largest absolute Gasteiger partial charge is 0.497 e. The summed E-state index contributed by atoms with van der Waals surface area (Å²) in [5.74, 6) is 1.18. The highest BCUT2D eigenvalue weighted by atomic mass is 32.2. The molecule has 0 saturated carbocycles. The minimum Gasteiger partial charge on any atom is -0.497 e. The fourth-order valence-corrected chi connectivity index (χ4v) is 4.96. The molecule has 0 radical (unpaired) electrons. The molecule has 0 amide bonds. The summed E-state index contributed by atoms with van der Waals surface area (Å²) in [6, 6.07) is 19.9. The molecule has 0 aliphatic carbocycles. The molecule has 0 aliphatic rings. The van der Waals surface area contributed by atoms with Gasteiger partial charge in [-0.25, -0.2) is 13.4 Å². The molecular formula is C24H21N5O3S. The molecule has 0 spiro atoms. The van der Waals surface area contributed by atoms with Gasteiger partial charge in [-0.3, -0.25) is 0 Å². The van der Waals surface area contributed by atoms with Crippen LogP contribution >= 0.6 is 0 Å². The predicted molar refractivity (Wildman–Crippen MR) is 126 cm³/mol. The number of anilines is 2. The van der Waals surface area contributed by atoms with E-state index in [0.717, 1.165) is 22.2 Å². The van der Waals surface area contributed by atoms with Gasteiger partial charge >= 0.3 is 0 Å². The van der Waals surface area contributed by atoms with E-state index in [9.17, 15) is 8.42 Å². The van der Waals surface area contributed by atoms with Gasteiger partial charge in [0, 0.05) is 17.1 Å². The van der Waals surface area contributed by atoms with E-state index in [4.69, 9.17) is 4.74 Å². The van der Waals surface area contributed by atoms with Crippen LogP contribution in [0.15, 0.2) is 76.7 Å². The first kappa shape index (κ1) is 20.9. The zero-order chi connectivity index (χ0) is 23.2. The number of hydrogen-bond acceptors (Lipinski definition) is 7. The van der Waals surface area contributed by atoms with Crippen molar-refractivity contribution in [3.05, 3.63) is 77.9 Å². The molecule has 9 heteroatoms. The average molecular weight is 460 g/mol. The highest BCUT2D eigenvalue weighted by Crippen LogP contribution is 2.30. The Morgan fingerprint density at radius 2 is 1.76 bits per heavy atom. The van der Waals surface area contributed by atoms with E-state index in [0.29, 0.717) is 17.1 Å². The zero-order valence-corrected chi connectivity index (χ0v) is 19.1.